The molecule has 1 aromatic rings. The van der Waals surface area contributed by atoms with Crippen molar-refractivity contribution in [2.45, 2.75) is 25.3 Å². The van der Waals surface area contributed by atoms with Crippen molar-refractivity contribution in [3.63, 3.8) is 0 Å². The molecular weight excluding hydrogens is 280 g/mol. The molecule has 2 heterocycles. The number of alkyl halides is 2. The van der Waals surface area contributed by atoms with Gasteiger partial charge in [-0.1, -0.05) is 6.92 Å². The number of hydrogen-bond acceptors (Lipinski definition) is 3. The molecule has 1 N–H and O–H groups in total. The Morgan fingerprint density at radius 3 is 2.90 bits per heavy atom. The summed E-state index contributed by atoms with van der Waals surface area (Å²) in [4.78, 5) is 17.2. The number of carbonyl (C=O) groups is 1. The zero-order valence-corrected chi connectivity index (χ0v) is 11.9. The minimum Gasteiger partial charge on any atom is -0.373 e. The van der Waals surface area contributed by atoms with Gasteiger partial charge in [0, 0.05) is 18.9 Å². The van der Waals surface area contributed by atoms with Crippen molar-refractivity contribution >= 4 is 6.03 Å². The molecule has 2 amide bonds. The third-order valence-electron chi connectivity index (χ3n) is 3.34. The highest BCUT2D eigenvalue weighted by molar-refractivity contribution is 5.74. The Morgan fingerprint density at radius 1 is 1.52 bits per heavy atom. The van der Waals surface area contributed by atoms with E-state index in [2.05, 4.69) is 10.3 Å². The SMILES string of the molecule is CCC(NC(=O)N1CCOCC(F)(F)C1)c1ccncc1. The summed E-state index contributed by atoms with van der Waals surface area (Å²) < 4.78 is 31.8. The van der Waals surface area contributed by atoms with Crippen LogP contribution in [0.15, 0.2) is 24.5 Å². The van der Waals surface area contributed by atoms with Crippen LogP contribution in [0.5, 0.6) is 0 Å². The fourth-order valence-electron chi connectivity index (χ4n) is 2.23. The molecule has 1 aliphatic rings. The Kier molecular flexibility index (Phi) is 5.06. The van der Waals surface area contributed by atoms with Crippen LogP contribution < -0.4 is 5.32 Å². The number of nitrogens with one attached hydrogen (secondary N) is 1. The van der Waals surface area contributed by atoms with Gasteiger partial charge in [-0.2, -0.15) is 0 Å². The molecule has 21 heavy (non-hydrogen) atoms. The zero-order chi connectivity index (χ0) is 15.3. The van der Waals surface area contributed by atoms with Gasteiger partial charge in [-0.25, -0.2) is 13.6 Å². The lowest BCUT2D eigenvalue weighted by molar-refractivity contribution is -0.0652. The fourth-order valence-corrected chi connectivity index (χ4v) is 2.23. The lowest BCUT2D eigenvalue weighted by Gasteiger charge is -2.26. The highest BCUT2D eigenvalue weighted by Gasteiger charge is 2.36. The van der Waals surface area contributed by atoms with Crippen LogP contribution in [0.2, 0.25) is 0 Å². The summed E-state index contributed by atoms with van der Waals surface area (Å²) in [6.45, 7) is 0.943. The number of carbonyl (C=O) groups excluding carboxylic acids is 1. The first-order valence-electron chi connectivity index (χ1n) is 6.93. The molecule has 1 aromatic heterocycles. The standard InChI is InChI=1S/C14H19F2N3O2/c1-2-12(11-3-5-17-6-4-11)18-13(20)19-7-8-21-10-14(15,16)9-19/h3-6,12H,2,7-10H2,1H3,(H,18,20). The van der Waals surface area contributed by atoms with Gasteiger partial charge in [-0.05, 0) is 24.1 Å². The normalized spacial score (nSPS) is 19.7. The molecule has 1 fully saturated rings. The molecule has 0 aromatic carbocycles. The van der Waals surface area contributed by atoms with E-state index in [1.807, 2.05) is 6.92 Å². The van der Waals surface area contributed by atoms with E-state index in [9.17, 15) is 13.6 Å². The predicted molar refractivity (Wildman–Crippen MR) is 73.1 cm³/mol. The molecule has 5 nitrogen and oxygen atoms in total. The van der Waals surface area contributed by atoms with Crippen molar-refractivity contribution in [1.29, 1.82) is 0 Å². The molecule has 1 aliphatic heterocycles. The van der Waals surface area contributed by atoms with Crippen LogP contribution in [0.1, 0.15) is 24.9 Å². The largest absolute Gasteiger partial charge is 0.373 e. The average molecular weight is 299 g/mol. The second kappa shape index (κ2) is 6.80. The molecule has 1 atom stereocenters. The first kappa shape index (κ1) is 15.6. The van der Waals surface area contributed by atoms with E-state index < -0.39 is 25.1 Å². The Labute approximate surface area is 122 Å². The van der Waals surface area contributed by atoms with Gasteiger partial charge in [0.25, 0.3) is 5.92 Å². The number of urea groups is 1. The summed E-state index contributed by atoms with van der Waals surface area (Å²) in [6.07, 6.45) is 3.94. The third-order valence-corrected chi connectivity index (χ3v) is 3.34. The van der Waals surface area contributed by atoms with Crippen LogP contribution in [0, 0.1) is 0 Å². The first-order valence-corrected chi connectivity index (χ1v) is 6.93. The summed E-state index contributed by atoms with van der Waals surface area (Å²) >= 11 is 0. The number of halogens is 2. The first-order chi connectivity index (χ1) is 10.0. The van der Waals surface area contributed by atoms with Crippen molar-refractivity contribution in [1.82, 2.24) is 15.2 Å². The van der Waals surface area contributed by atoms with Gasteiger partial charge < -0.3 is 15.0 Å². The molecule has 7 heteroatoms. The quantitative estimate of drug-likeness (QED) is 0.931. The van der Waals surface area contributed by atoms with Gasteiger partial charge in [0.05, 0.1) is 19.2 Å². The van der Waals surface area contributed by atoms with E-state index in [0.29, 0.717) is 6.42 Å². The summed E-state index contributed by atoms with van der Waals surface area (Å²) in [6, 6.07) is 2.88. The molecule has 0 aliphatic carbocycles. The topological polar surface area (TPSA) is 54.5 Å². The van der Waals surface area contributed by atoms with Crippen molar-refractivity contribution < 1.29 is 18.3 Å². The predicted octanol–water partition coefficient (Wildman–Crippen LogP) is 2.21. The van der Waals surface area contributed by atoms with Gasteiger partial charge in [-0.3, -0.25) is 4.98 Å². The van der Waals surface area contributed by atoms with E-state index in [1.165, 1.54) is 0 Å². The Bertz CT molecular complexity index is 471. The minimum absolute atomic E-state index is 0.120. The van der Waals surface area contributed by atoms with Crippen molar-refractivity contribution in [3.05, 3.63) is 30.1 Å². The highest BCUT2D eigenvalue weighted by Crippen LogP contribution is 2.20. The molecule has 116 valence electrons. The Morgan fingerprint density at radius 2 is 2.24 bits per heavy atom. The monoisotopic (exact) mass is 299 g/mol. The molecule has 0 radical (unpaired) electrons. The van der Waals surface area contributed by atoms with Crippen LogP contribution in [-0.4, -0.2) is 48.1 Å². The van der Waals surface area contributed by atoms with E-state index in [4.69, 9.17) is 4.74 Å². The minimum atomic E-state index is -3.01. The summed E-state index contributed by atoms with van der Waals surface area (Å²) in [5.41, 5.74) is 0.902. The molecule has 0 saturated carbocycles. The molecule has 0 bridgehead atoms. The van der Waals surface area contributed by atoms with E-state index in [-0.39, 0.29) is 19.2 Å². The van der Waals surface area contributed by atoms with Gasteiger partial charge in [0.15, 0.2) is 0 Å². The zero-order valence-electron chi connectivity index (χ0n) is 11.9. The summed E-state index contributed by atoms with van der Waals surface area (Å²) in [7, 11) is 0. The van der Waals surface area contributed by atoms with Crippen LogP contribution in [0.4, 0.5) is 13.6 Å². The molecule has 1 saturated heterocycles. The van der Waals surface area contributed by atoms with Crippen LogP contribution >= 0.6 is 0 Å². The number of pyridine rings is 1. The van der Waals surface area contributed by atoms with Gasteiger partial charge in [0.1, 0.15) is 6.61 Å². The number of aromatic nitrogens is 1. The lowest BCUT2D eigenvalue weighted by Crippen LogP contribution is -2.47. The molecule has 2 rings (SSSR count). The number of amides is 2. The number of nitrogens with zero attached hydrogens (tertiary/aromatic N) is 2. The van der Waals surface area contributed by atoms with Crippen LogP contribution in [0.3, 0.4) is 0 Å². The van der Waals surface area contributed by atoms with Crippen molar-refractivity contribution in [3.8, 4) is 0 Å². The van der Waals surface area contributed by atoms with Crippen molar-refractivity contribution in [2.75, 3.05) is 26.3 Å². The highest BCUT2D eigenvalue weighted by atomic mass is 19.3. The third kappa shape index (κ3) is 4.35. The molecule has 0 spiro atoms. The maximum atomic E-state index is 13.5. The maximum absolute atomic E-state index is 13.5. The Hall–Kier alpha value is -1.76. The number of rotatable bonds is 3. The van der Waals surface area contributed by atoms with E-state index >= 15 is 0 Å². The average Bonchev–Trinajstić information content (AvgIpc) is 2.66. The fraction of sp³-hybridized carbons (Fsp3) is 0.571. The van der Waals surface area contributed by atoms with Gasteiger partial charge >= 0.3 is 6.03 Å². The Balaban J connectivity index is 2.02. The van der Waals surface area contributed by atoms with Crippen molar-refractivity contribution in [2.24, 2.45) is 0 Å². The number of ether oxygens (including phenoxy) is 1. The summed E-state index contributed by atoms with van der Waals surface area (Å²) in [5.74, 6) is -3.01. The maximum Gasteiger partial charge on any atom is 0.318 e. The van der Waals surface area contributed by atoms with E-state index in [1.54, 1.807) is 24.5 Å². The van der Waals surface area contributed by atoms with Crippen LogP contribution in [0.25, 0.3) is 0 Å². The lowest BCUT2D eigenvalue weighted by atomic mass is 10.1. The smallest absolute Gasteiger partial charge is 0.318 e. The van der Waals surface area contributed by atoms with Crippen LogP contribution in [-0.2, 0) is 4.74 Å². The molecular formula is C14H19F2N3O2. The second-order valence-corrected chi connectivity index (χ2v) is 5.02. The number of hydrogen-bond donors (Lipinski definition) is 1. The van der Waals surface area contributed by atoms with Gasteiger partial charge in [0.2, 0.25) is 0 Å². The second-order valence-electron chi connectivity index (χ2n) is 5.02. The van der Waals surface area contributed by atoms with Gasteiger partial charge in [-0.15, -0.1) is 0 Å². The summed E-state index contributed by atoms with van der Waals surface area (Å²) in [5, 5.41) is 2.79. The molecule has 1 unspecified atom stereocenters. The van der Waals surface area contributed by atoms with E-state index in [0.717, 1.165) is 10.5 Å².